The first-order valence-electron chi connectivity index (χ1n) is 3.26. The van der Waals surface area contributed by atoms with Gasteiger partial charge < -0.3 is 10.2 Å². The summed E-state index contributed by atoms with van der Waals surface area (Å²) in [6, 6.07) is 0. The average molecular weight is 142 g/mol. The molecule has 56 valence electrons. The molecule has 0 aromatic rings. The molecular weight excluding hydrogens is 132 g/mol. The molecule has 0 bridgehead atoms. The van der Waals surface area contributed by atoms with Crippen LogP contribution in [-0.4, -0.2) is 22.3 Å². The van der Waals surface area contributed by atoms with Gasteiger partial charge in [-0.3, -0.25) is 4.79 Å². The Morgan fingerprint density at radius 3 is 2.70 bits per heavy atom. The molecule has 10 heavy (non-hydrogen) atoms. The molecule has 2 atom stereocenters. The van der Waals surface area contributed by atoms with Crippen LogP contribution in [0.4, 0.5) is 0 Å². The van der Waals surface area contributed by atoms with E-state index in [4.69, 9.17) is 10.2 Å². The molecule has 0 spiro atoms. The van der Waals surface area contributed by atoms with E-state index < -0.39 is 12.1 Å². The molecule has 1 aliphatic rings. The largest absolute Gasteiger partial charge is 0.481 e. The van der Waals surface area contributed by atoms with Crippen LogP contribution in [-0.2, 0) is 4.79 Å². The van der Waals surface area contributed by atoms with Crippen molar-refractivity contribution >= 4 is 5.97 Å². The summed E-state index contributed by atoms with van der Waals surface area (Å²) in [6.45, 7) is 0. The van der Waals surface area contributed by atoms with Crippen molar-refractivity contribution in [3.05, 3.63) is 12.2 Å². The highest BCUT2D eigenvalue weighted by Crippen LogP contribution is 2.20. The van der Waals surface area contributed by atoms with Gasteiger partial charge in [0.25, 0.3) is 0 Å². The van der Waals surface area contributed by atoms with Gasteiger partial charge in [0.2, 0.25) is 0 Å². The fourth-order valence-electron chi connectivity index (χ4n) is 1.13. The van der Waals surface area contributed by atoms with E-state index >= 15 is 0 Å². The van der Waals surface area contributed by atoms with E-state index in [0.29, 0.717) is 6.42 Å². The smallest absolute Gasteiger partial charge is 0.303 e. The molecule has 3 heteroatoms. The minimum absolute atomic E-state index is 0.0347. The maximum Gasteiger partial charge on any atom is 0.303 e. The minimum Gasteiger partial charge on any atom is -0.481 e. The van der Waals surface area contributed by atoms with Crippen LogP contribution < -0.4 is 0 Å². The topological polar surface area (TPSA) is 57.5 Å². The highest BCUT2D eigenvalue weighted by Gasteiger charge is 2.18. The van der Waals surface area contributed by atoms with Gasteiger partial charge in [0.05, 0.1) is 12.5 Å². The van der Waals surface area contributed by atoms with Crippen LogP contribution in [0.3, 0.4) is 0 Å². The quantitative estimate of drug-likeness (QED) is 0.548. The molecular formula is C7H10O3. The number of aliphatic carboxylic acids is 1. The summed E-state index contributed by atoms with van der Waals surface area (Å²) in [6.07, 6.45) is 3.68. The van der Waals surface area contributed by atoms with Crippen LogP contribution in [0.25, 0.3) is 0 Å². The lowest BCUT2D eigenvalue weighted by atomic mass is 10.1. The molecule has 1 aliphatic carbocycles. The predicted octanol–water partition coefficient (Wildman–Crippen LogP) is 0.398. The highest BCUT2D eigenvalue weighted by atomic mass is 16.4. The number of carbonyl (C=O) groups is 1. The van der Waals surface area contributed by atoms with Crippen LogP contribution in [0.1, 0.15) is 12.8 Å². The first-order chi connectivity index (χ1) is 4.68. The summed E-state index contributed by atoms with van der Waals surface area (Å²) < 4.78 is 0. The maximum absolute atomic E-state index is 10.1. The average Bonchev–Trinajstić information content (AvgIpc) is 2.13. The normalized spacial score (nSPS) is 30.9. The Balaban J connectivity index is 2.33. The van der Waals surface area contributed by atoms with Gasteiger partial charge in [-0.1, -0.05) is 12.2 Å². The zero-order valence-corrected chi connectivity index (χ0v) is 5.53. The maximum atomic E-state index is 10.1. The van der Waals surface area contributed by atoms with E-state index in [0.717, 1.165) is 0 Å². The monoisotopic (exact) mass is 142 g/mol. The number of aliphatic hydroxyl groups excluding tert-OH is 1. The third kappa shape index (κ3) is 1.84. The molecule has 0 radical (unpaired) electrons. The second kappa shape index (κ2) is 2.84. The fourth-order valence-corrected chi connectivity index (χ4v) is 1.13. The van der Waals surface area contributed by atoms with Crippen molar-refractivity contribution < 1.29 is 15.0 Å². The third-order valence-corrected chi connectivity index (χ3v) is 1.59. The molecule has 3 nitrogen and oxygen atoms in total. The Bertz CT molecular complexity index is 162. The number of carboxylic acid groups (broad SMARTS) is 1. The van der Waals surface area contributed by atoms with Crippen molar-refractivity contribution in [3.8, 4) is 0 Å². The SMILES string of the molecule is O=C(O)C[C@H]1C=C[C@H](O)C1. The van der Waals surface area contributed by atoms with Gasteiger partial charge in [-0.05, 0) is 12.3 Å². The van der Waals surface area contributed by atoms with Gasteiger partial charge >= 0.3 is 5.97 Å². The lowest BCUT2D eigenvalue weighted by Crippen LogP contribution is -2.06. The molecule has 0 aromatic heterocycles. The van der Waals surface area contributed by atoms with Crippen molar-refractivity contribution in [2.45, 2.75) is 18.9 Å². The molecule has 0 unspecified atom stereocenters. The fraction of sp³-hybridized carbons (Fsp3) is 0.571. The van der Waals surface area contributed by atoms with Crippen LogP contribution in [0.2, 0.25) is 0 Å². The number of hydrogen-bond acceptors (Lipinski definition) is 2. The van der Waals surface area contributed by atoms with Gasteiger partial charge in [0, 0.05) is 0 Å². The summed E-state index contributed by atoms with van der Waals surface area (Å²) in [4.78, 5) is 10.1. The Hall–Kier alpha value is -0.830. The molecule has 1 rings (SSSR count). The summed E-state index contributed by atoms with van der Waals surface area (Å²) in [7, 11) is 0. The second-order valence-electron chi connectivity index (χ2n) is 2.55. The van der Waals surface area contributed by atoms with Crippen molar-refractivity contribution in [2.75, 3.05) is 0 Å². The minimum atomic E-state index is -0.802. The van der Waals surface area contributed by atoms with Crippen molar-refractivity contribution in [3.63, 3.8) is 0 Å². The van der Waals surface area contributed by atoms with Crippen LogP contribution >= 0.6 is 0 Å². The summed E-state index contributed by atoms with van der Waals surface area (Å²) in [5.41, 5.74) is 0. The van der Waals surface area contributed by atoms with Gasteiger partial charge in [-0.2, -0.15) is 0 Å². The van der Waals surface area contributed by atoms with Crippen molar-refractivity contribution in [1.29, 1.82) is 0 Å². The van der Waals surface area contributed by atoms with E-state index in [1.807, 2.05) is 0 Å². The predicted molar refractivity (Wildman–Crippen MR) is 35.5 cm³/mol. The molecule has 0 fully saturated rings. The Morgan fingerprint density at radius 1 is 1.60 bits per heavy atom. The Labute approximate surface area is 59.0 Å². The summed E-state index contributed by atoms with van der Waals surface area (Å²) in [5, 5.41) is 17.3. The van der Waals surface area contributed by atoms with Crippen LogP contribution in [0.15, 0.2) is 12.2 Å². The van der Waals surface area contributed by atoms with Gasteiger partial charge in [-0.25, -0.2) is 0 Å². The molecule has 0 aromatic carbocycles. The van der Waals surface area contributed by atoms with E-state index in [2.05, 4.69) is 0 Å². The lowest BCUT2D eigenvalue weighted by Gasteiger charge is -2.03. The third-order valence-electron chi connectivity index (χ3n) is 1.59. The Morgan fingerprint density at radius 2 is 2.30 bits per heavy atom. The number of allylic oxidation sites excluding steroid dienone is 1. The molecule has 0 saturated carbocycles. The highest BCUT2D eigenvalue weighted by molar-refractivity contribution is 5.67. The molecule has 2 N–H and O–H groups in total. The zero-order valence-electron chi connectivity index (χ0n) is 5.53. The first kappa shape index (κ1) is 7.28. The summed E-state index contributed by atoms with van der Waals surface area (Å²) in [5.74, 6) is -0.767. The van der Waals surface area contributed by atoms with Gasteiger partial charge in [0.15, 0.2) is 0 Å². The Kier molecular flexibility index (Phi) is 2.06. The number of hydrogen-bond donors (Lipinski definition) is 2. The van der Waals surface area contributed by atoms with Crippen LogP contribution in [0, 0.1) is 5.92 Å². The van der Waals surface area contributed by atoms with Crippen LogP contribution in [0.5, 0.6) is 0 Å². The van der Waals surface area contributed by atoms with Crippen molar-refractivity contribution in [1.82, 2.24) is 0 Å². The summed E-state index contributed by atoms with van der Waals surface area (Å²) >= 11 is 0. The lowest BCUT2D eigenvalue weighted by molar-refractivity contribution is -0.137. The number of aliphatic hydroxyl groups is 1. The zero-order chi connectivity index (χ0) is 7.56. The molecule has 0 amide bonds. The van der Waals surface area contributed by atoms with E-state index in [1.165, 1.54) is 0 Å². The second-order valence-corrected chi connectivity index (χ2v) is 2.55. The van der Waals surface area contributed by atoms with E-state index in [1.54, 1.807) is 12.2 Å². The molecule has 0 heterocycles. The van der Waals surface area contributed by atoms with Gasteiger partial charge in [0.1, 0.15) is 0 Å². The molecule has 0 aliphatic heterocycles. The van der Waals surface area contributed by atoms with Gasteiger partial charge in [-0.15, -0.1) is 0 Å². The standard InChI is InChI=1S/C7H10O3/c8-6-2-1-5(3-6)4-7(9)10/h1-2,5-6,8H,3-4H2,(H,9,10)/t5-,6-/m0/s1. The van der Waals surface area contributed by atoms with E-state index in [9.17, 15) is 4.79 Å². The molecule has 0 saturated heterocycles. The van der Waals surface area contributed by atoms with Crippen molar-refractivity contribution in [2.24, 2.45) is 5.92 Å². The number of rotatable bonds is 2. The number of carboxylic acids is 1. The first-order valence-corrected chi connectivity index (χ1v) is 3.26. The van der Waals surface area contributed by atoms with E-state index in [-0.39, 0.29) is 12.3 Å².